The third kappa shape index (κ3) is 4.47. The highest BCUT2D eigenvalue weighted by atomic mass is 35.5. The molecule has 2 aliphatic rings. The molecule has 0 spiro atoms. The van der Waals surface area contributed by atoms with Crippen LogP contribution in [0.5, 0.6) is 0 Å². The number of nitrogens with zero attached hydrogens (tertiary/aromatic N) is 2. The number of aromatic nitrogens is 1. The number of halogens is 1. The third-order valence-electron chi connectivity index (χ3n) is 6.15. The molecule has 0 N–H and O–H groups in total. The Labute approximate surface area is 177 Å². The van der Waals surface area contributed by atoms with Gasteiger partial charge in [0.2, 0.25) is 0 Å². The number of methoxy groups -OCH3 is 1. The summed E-state index contributed by atoms with van der Waals surface area (Å²) in [6.45, 7) is 4.41. The fraction of sp³-hybridized carbons (Fsp3) is 0.609. The van der Waals surface area contributed by atoms with E-state index in [-0.39, 0.29) is 18.1 Å². The zero-order chi connectivity index (χ0) is 20.4. The first-order valence-corrected chi connectivity index (χ1v) is 11.2. The number of rotatable bonds is 8. The maximum Gasteiger partial charge on any atom is 0.252 e. The summed E-state index contributed by atoms with van der Waals surface area (Å²) < 4.78 is 13.2. The van der Waals surface area contributed by atoms with Gasteiger partial charge in [-0.3, -0.25) is 4.79 Å². The van der Waals surface area contributed by atoms with E-state index in [0.717, 1.165) is 73.2 Å². The smallest absolute Gasteiger partial charge is 0.252 e. The summed E-state index contributed by atoms with van der Waals surface area (Å²) in [6.07, 6.45) is 7.80. The molecule has 1 aliphatic heterocycles. The summed E-state index contributed by atoms with van der Waals surface area (Å²) in [5, 5.41) is 1.82. The highest BCUT2D eigenvalue weighted by Gasteiger charge is 2.39. The lowest BCUT2D eigenvalue weighted by Gasteiger charge is -2.34. The van der Waals surface area contributed by atoms with Crippen LogP contribution in [-0.4, -0.2) is 47.8 Å². The summed E-state index contributed by atoms with van der Waals surface area (Å²) in [6, 6.07) is 6.76. The fourth-order valence-electron chi connectivity index (χ4n) is 4.39. The first-order valence-electron chi connectivity index (χ1n) is 10.8. The van der Waals surface area contributed by atoms with Gasteiger partial charge in [-0.1, -0.05) is 23.7 Å². The van der Waals surface area contributed by atoms with Gasteiger partial charge in [0.15, 0.2) is 0 Å². The van der Waals surface area contributed by atoms with E-state index >= 15 is 0 Å². The minimum Gasteiger partial charge on any atom is -0.385 e. The van der Waals surface area contributed by atoms with Gasteiger partial charge in [-0.2, -0.15) is 0 Å². The summed E-state index contributed by atoms with van der Waals surface area (Å²) in [4.78, 5) is 15.3. The summed E-state index contributed by atoms with van der Waals surface area (Å²) in [5.41, 5.74) is 2.27. The van der Waals surface area contributed by atoms with Crippen molar-refractivity contribution in [2.24, 2.45) is 0 Å². The van der Waals surface area contributed by atoms with Crippen molar-refractivity contribution >= 4 is 28.4 Å². The van der Waals surface area contributed by atoms with Crippen LogP contribution in [0.4, 0.5) is 0 Å². The van der Waals surface area contributed by atoms with Gasteiger partial charge in [0.25, 0.3) is 5.91 Å². The molecule has 5 nitrogen and oxygen atoms in total. The molecule has 158 valence electrons. The van der Waals surface area contributed by atoms with E-state index in [0.29, 0.717) is 12.6 Å². The molecule has 0 bridgehead atoms. The molecule has 1 amide bonds. The Morgan fingerprint density at radius 3 is 2.86 bits per heavy atom. The lowest BCUT2D eigenvalue weighted by Crippen LogP contribution is -2.44. The van der Waals surface area contributed by atoms with Gasteiger partial charge < -0.3 is 18.9 Å². The number of carbonyl (C=O) groups excluding carboxylic acids is 1. The average Bonchev–Trinajstić information content (AvgIpc) is 3.53. The van der Waals surface area contributed by atoms with Crippen molar-refractivity contribution in [1.82, 2.24) is 9.47 Å². The summed E-state index contributed by atoms with van der Waals surface area (Å²) in [5.74, 6) is 0.160. The third-order valence-corrected chi connectivity index (χ3v) is 6.46. The topological polar surface area (TPSA) is 43.7 Å². The number of amides is 1. The molecule has 0 unspecified atom stereocenters. The van der Waals surface area contributed by atoms with Gasteiger partial charge >= 0.3 is 0 Å². The minimum absolute atomic E-state index is 0.0195. The highest BCUT2D eigenvalue weighted by Crippen LogP contribution is 2.37. The molecule has 1 aromatic heterocycles. The zero-order valence-corrected chi connectivity index (χ0v) is 18.2. The van der Waals surface area contributed by atoms with Crippen LogP contribution in [0.3, 0.4) is 0 Å². The molecule has 2 fully saturated rings. The Bertz CT molecular complexity index is 855. The van der Waals surface area contributed by atoms with E-state index in [1.165, 1.54) is 0 Å². The Hall–Kier alpha value is -1.56. The van der Waals surface area contributed by atoms with Crippen LogP contribution in [0.25, 0.3) is 10.9 Å². The van der Waals surface area contributed by atoms with Gasteiger partial charge in [0, 0.05) is 50.0 Å². The SMILES string of the molecule is COCCCn1cc(Cl)c2ccc([C@H](C)N(C(=O)[C@H]3CCCCO3)C3CC3)cc21. The van der Waals surface area contributed by atoms with Crippen molar-refractivity contribution < 1.29 is 14.3 Å². The molecule has 29 heavy (non-hydrogen) atoms. The van der Waals surface area contributed by atoms with E-state index in [2.05, 4.69) is 34.6 Å². The lowest BCUT2D eigenvalue weighted by molar-refractivity contribution is -0.149. The molecular formula is C23H31ClN2O3. The average molecular weight is 419 g/mol. The molecule has 1 aromatic carbocycles. The van der Waals surface area contributed by atoms with Gasteiger partial charge in [-0.25, -0.2) is 0 Å². The summed E-state index contributed by atoms with van der Waals surface area (Å²) in [7, 11) is 1.72. The number of ether oxygens (including phenoxy) is 2. The Morgan fingerprint density at radius 1 is 1.34 bits per heavy atom. The molecule has 2 atom stereocenters. The number of fused-ring (bicyclic) bond motifs is 1. The normalized spacial score (nSPS) is 20.7. The molecule has 6 heteroatoms. The second-order valence-corrected chi connectivity index (χ2v) is 8.71. The molecule has 2 aromatic rings. The molecule has 1 aliphatic carbocycles. The first kappa shape index (κ1) is 20.7. The van der Waals surface area contributed by atoms with Gasteiger partial charge in [-0.05, 0) is 57.1 Å². The molecule has 0 radical (unpaired) electrons. The van der Waals surface area contributed by atoms with Crippen LogP contribution in [0.15, 0.2) is 24.4 Å². The predicted molar refractivity (Wildman–Crippen MR) is 115 cm³/mol. The van der Waals surface area contributed by atoms with E-state index in [1.807, 2.05) is 6.20 Å². The fourth-order valence-corrected chi connectivity index (χ4v) is 4.67. The van der Waals surface area contributed by atoms with Crippen LogP contribution in [-0.2, 0) is 20.8 Å². The number of hydrogen-bond donors (Lipinski definition) is 0. The maximum absolute atomic E-state index is 13.3. The van der Waals surface area contributed by atoms with Crippen LogP contribution in [0.2, 0.25) is 5.02 Å². The van der Waals surface area contributed by atoms with E-state index in [4.69, 9.17) is 21.1 Å². The predicted octanol–water partition coefficient (Wildman–Crippen LogP) is 4.95. The van der Waals surface area contributed by atoms with Crippen molar-refractivity contribution in [3.05, 3.63) is 35.0 Å². The highest BCUT2D eigenvalue weighted by molar-refractivity contribution is 6.35. The van der Waals surface area contributed by atoms with Crippen LogP contribution in [0.1, 0.15) is 57.1 Å². The monoisotopic (exact) mass is 418 g/mol. The molecule has 1 saturated carbocycles. The number of aryl methyl sites for hydroxylation is 1. The molecule has 4 rings (SSSR count). The number of carbonyl (C=O) groups is 1. The van der Waals surface area contributed by atoms with Gasteiger partial charge in [-0.15, -0.1) is 0 Å². The standard InChI is InChI=1S/C23H31ClN2O3/c1-16(26(18-8-9-18)23(27)22-6-3-4-13-29-22)17-7-10-19-20(24)15-25(21(19)14-17)11-5-12-28-2/h7,10,14-16,18,22H,3-6,8-9,11-13H2,1-2H3/t16-,22+/m0/s1. The largest absolute Gasteiger partial charge is 0.385 e. The first-order chi connectivity index (χ1) is 14.1. The summed E-state index contributed by atoms with van der Waals surface area (Å²) >= 11 is 6.46. The van der Waals surface area contributed by atoms with Crippen molar-refractivity contribution in [1.29, 1.82) is 0 Å². The Morgan fingerprint density at radius 2 is 2.17 bits per heavy atom. The minimum atomic E-state index is -0.275. The molecule has 2 heterocycles. The van der Waals surface area contributed by atoms with E-state index < -0.39 is 0 Å². The van der Waals surface area contributed by atoms with Crippen LogP contribution < -0.4 is 0 Å². The van der Waals surface area contributed by atoms with Crippen LogP contribution >= 0.6 is 11.6 Å². The zero-order valence-electron chi connectivity index (χ0n) is 17.4. The Balaban J connectivity index is 1.59. The maximum atomic E-state index is 13.3. The second kappa shape index (κ2) is 9.07. The second-order valence-electron chi connectivity index (χ2n) is 8.30. The van der Waals surface area contributed by atoms with Gasteiger partial charge in [0.05, 0.1) is 11.1 Å². The molecular weight excluding hydrogens is 388 g/mol. The number of benzene rings is 1. The molecule has 1 saturated heterocycles. The lowest BCUT2D eigenvalue weighted by atomic mass is 10.0. The number of hydrogen-bond acceptors (Lipinski definition) is 3. The quantitative estimate of drug-likeness (QED) is 0.569. The Kier molecular flexibility index (Phi) is 6.47. The van der Waals surface area contributed by atoms with Crippen molar-refractivity contribution in [3.8, 4) is 0 Å². The van der Waals surface area contributed by atoms with Crippen molar-refractivity contribution in [2.45, 2.75) is 70.2 Å². The van der Waals surface area contributed by atoms with Gasteiger partial charge in [0.1, 0.15) is 6.10 Å². The van der Waals surface area contributed by atoms with E-state index in [1.54, 1.807) is 7.11 Å². The van der Waals surface area contributed by atoms with Crippen LogP contribution in [0, 0.1) is 0 Å². The van der Waals surface area contributed by atoms with E-state index in [9.17, 15) is 4.79 Å². The van der Waals surface area contributed by atoms with Crippen molar-refractivity contribution in [2.75, 3.05) is 20.3 Å². The van der Waals surface area contributed by atoms with Crippen molar-refractivity contribution in [3.63, 3.8) is 0 Å².